The molecule has 0 aliphatic carbocycles. The smallest absolute Gasteiger partial charge is 0.324 e. The maximum Gasteiger partial charge on any atom is 0.363 e. The van der Waals surface area contributed by atoms with Crippen LogP contribution in [0.25, 0.3) is 0 Å². The van der Waals surface area contributed by atoms with Gasteiger partial charge < -0.3 is 9.74 Å². The number of benzene rings is 2. The third kappa shape index (κ3) is 3.54. The van der Waals surface area contributed by atoms with Crippen LogP contribution in [-0.4, -0.2) is 65.9 Å². The zero-order valence-corrected chi connectivity index (χ0v) is 15.6. The molecule has 2 amide bonds. The van der Waals surface area contributed by atoms with Crippen LogP contribution in [0.3, 0.4) is 0 Å². The first-order valence-corrected chi connectivity index (χ1v) is 9.23. The first kappa shape index (κ1) is 18.3. The number of nitrogens with zero attached hydrogens (tertiary/aromatic N) is 3. The molecule has 144 valence electrons. The lowest BCUT2D eigenvalue weighted by atomic mass is 10.1. The third-order valence-electron chi connectivity index (χ3n) is 5.10. The molecule has 0 radical (unpaired) electrons. The zero-order chi connectivity index (χ0) is 19.7. The van der Waals surface area contributed by atoms with E-state index in [0.717, 1.165) is 38.3 Å². The Labute approximate surface area is 163 Å². The molecule has 2 aliphatic rings. The lowest BCUT2D eigenvalue weighted by molar-refractivity contribution is -0.0584. The van der Waals surface area contributed by atoms with E-state index in [0.29, 0.717) is 10.6 Å². The minimum atomic E-state index is -0.727. The summed E-state index contributed by atoms with van der Waals surface area (Å²) in [5, 5.41) is 0.542. The molecule has 0 N–H and O–H groups in total. The number of hydrogen-bond donors (Lipinski definition) is 0. The van der Waals surface area contributed by atoms with Gasteiger partial charge in [0.25, 0.3) is 11.8 Å². The van der Waals surface area contributed by atoms with Gasteiger partial charge in [0, 0.05) is 32.7 Å². The van der Waals surface area contributed by atoms with E-state index in [1.807, 2.05) is 6.07 Å². The molecular formula is C21H21N3O4. The average molecular weight is 379 g/mol. The van der Waals surface area contributed by atoms with E-state index >= 15 is 0 Å². The first-order valence-electron chi connectivity index (χ1n) is 9.23. The maximum atomic E-state index is 12.5. The molecule has 0 unspecified atom stereocenters. The van der Waals surface area contributed by atoms with Crippen molar-refractivity contribution in [3.63, 3.8) is 0 Å². The van der Waals surface area contributed by atoms with Gasteiger partial charge in [-0.1, -0.05) is 29.3 Å². The fourth-order valence-electron chi connectivity index (χ4n) is 3.45. The van der Waals surface area contributed by atoms with Crippen molar-refractivity contribution in [1.82, 2.24) is 14.9 Å². The van der Waals surface area contributed by atoms with E-state index in [4.69, 9.17) is 4.84 Å². The second-order valence-corrected chi connectivity index (χ2v) is 7.11. The summed E-state index contributed by atoms with van der Waals surface area (Å²) in [4.78, 5) is 47.0. The Hall–Kier alpha value is -3.03. The second-order valence-electron chi connectivity index (χ2n) is 7.11. The second kappa shape index (κ2) is 7.53. The van der Waals surface area contributed by atoms with Gasteiger partial charge in [-0.05, 0) is 36.9 Å². The van der Waals surface area contributed by atoms with Crippen molar-refractivity contribution < 1.29 is 19.2 Å². The van der Waals surface area contributed by atoms with Crippen molar-refractivity contribution >= 4 is 17.8 Å². The molecule has 2 aliphatic heterocycles. The number of imide groups is 1. The zero-order valence-electron chi connectivity index (χ0n) is 15.6. The number of piperazine rings is 1. The molecule has 2 aromatic rings. The predicted molar refractivity (Wildman–Crippen MR) is 102 cm³/mol. The summed E-state index contributed by atoms with van der Waals surface area (Å²) in [5.74, 6) is -1.97. The highest BCUT2D eigenvalue weighted by atomic mass is 16.7. The summed E-state index contributed by atoms with van der Waals surface area (Å²) < 4.78 is 0. The highest BCUT2D eigenvalue weighted by Gasteiger charge is 2.38. The van der Waals surface area contributed by atoms with E-state index in [9.17, 15) is 14.4 Å². The van der Waals surface area contributed by atoms with Gasteiger partial charge in [-0.25, -0.2) is 4.79 Å². The van der Waals surface area contributed by atoms with Gasteiger partial charge >= 0.3 is 5.97 Å². The normalized spacial score (nSPS) is 17.7. The molecule has 2 heterocycles. The van der Waals surface area contributed by atoms with Gasteiger partial charge in [-0.2, -0.15) is 0 Å². The molecule has 0 spiro atoms. The number of fused-ring (bicyclic) bond motifs is 1. The van der Waals surface area contributed by atoms with Crippen molar-refractivity contribution in [2.45, 2.75) is 6.54 Å². The molecule has 4 rings (SSSR count). The van der Waals surface area contributed by atoms with Crippen LogP contribution >= 0.6 is 0 Å². The summed E-state index contributed by atoms with van der Waals surface area (Å²) in [6.07, 6.45) is 0. The van der Waals surface area contributed by atoms with E-state index in [2.05, 4.69) is 16.8 Å². The fourth-order valence-corrected chi connectivity index (χ4v) is 3.45. The molecule has 0 aromatic heterocycles. The van der Waals surface area contributed by atoms with Crippen molar-refractivity contribution in [1.29, 1.82) is 0 Å². The highest BCUT2D eigenvalue weighted by molar-refractivity contribution is 6.21. The minimum absolute atomic E-state index is 0.240. The summed E-state index contributed by atoms with van der Waals surface area (Å²) in [7, 11) is 2.10. The lowest BCUT2D eigenvalue weighted by Crippen LogP contribution is -2.43. The first-order chi connectivity index (χ1) is 13.5. The fraction of sp³-hybridized carbons (Fsp3) is 0.286. The van der Waals surface area contributed by atoms with Crippen LogP contribution in [0.4, 0.5) is 0 Å². The Morgan fingerprint density at radius 1 is 0.929 bits per heavy atom. The average Bonchev–Trinajstić information content (AvgIpc) is 2.95. The predicted octanol–water partition coefficient (Wildman–Crippen LogP) is 1.80. The van der Waals surface area contributed by atoms with Gasteiger partial charge in [0.05, 0.1) is 16.7 Å². The van der Waals surface area contributed by atoms with E-state index in [1.54, 1.807) is 42.5 Å². The van der Waals surface area contributed by atoms with Gasteiger partial charge in [0.1, 0.15) is 0 Å². The van der Waals surface area contributed by atoms with Crippen LogP contribution in [0, 0.1) is 0 Å². The summed E-state index contributed by atoms with van der Waals surface area (Å²) in [6.45, 7) is 4.71. The van der Waals surface area contributed by atoms with Gasteiger partial charge in [-0.15, -0.1) is 0 Å². The largest absolute Gasteiger partial charge is 0.363 e. The Balaban J connectivity index is 1.44. The molecule has 7 heteroatoms. The number of likely N-dealkylation sites (N-methyl/N-ethyl adjacent to an activating group) is 1. The SMILES string of the molecule is CN1CCN(Cc2cccc(C(=O)ON3C(=O)c4ccccc4C3=O)c2)CC1. The van der Waals surface area contributed by atoms with Crippen molar-refractivity contribution in [2.24, 2.45) is 0 Å². The van der Waals surface area contributed by atoms with Crippen molar-refractivity contribution in [3.8, 4) is 0 Å². The molecule has 28 heavy (non-hydrogen) atoms. The van der Waals surface area contributed by atoms with Gasteiger partial charge in [0.2, 0.25) is 0 Å². The quantitative estimate of drug-likeness (QED) is 0.755. The maximum absolute atomic E-state index is 12.5. The molecule has 0 bridgehead atoms. The van der Waals surface area contributed by atoms with E-state index in [1.165, 1.54) is 0 Å². The highest BCUT2D eigenvalue weighted by Crippen LogP contribution is 2.23. The van der Waals surface area contributed by atoms with Crippen LogP contribution in [-0.2, 0) is 11.4 Å². The Kier molecular flexibility index (Phi) is 4.93. The van der Waals surface area contributed by atoms with Crippen LogP contribution in [0.5, 0.6) is 0 Å². The lowest BCUT2D eigenvalue weighted by Gasteiger charge is -2.32. The third-order valence-corrected chi connectivity index (χ3v) is 5.10. The Morgan fingerprint density at radius 3 is 2.21 bits per heavy atom. The van der Waals surface area contributed by atoms with Crippen molar-refractivity contribution in [2.75, 3.05) is 33.2 Å². The number of rotatable bonds is 4. The number of carbonyl (C=O) groups is 3. The Morgan fingerprint density at radius 2 is 1.57 bits per heavy atom. The molecule has 2 aromatic carbocycles. The van der Waals surface area contributed by atoms with Crippen LogP contribution in [0.1, 0.15) is 36.6 Å². The van der Waals surface area contributed by atoms with Crippen LogP contribution in [0.15, 0.2) is 48.5 Å². The van der Waals surface area contributed by atoms with Gasteiger partial charge in [-0.3, -0.25) is 14.5 Å². The molecule has 1 saturated heterocycles. The Bertz CT molecular complexity index is 900. The molecule has 7 nitrogen and oxygen atoms in total. The number of amides is 2. The molecule has 0 atom stereocenters. The van der Waals surface area contributed by atoms with Crippen LogP contribution in [0.2, 0.25) is 0 Å². The topological polar surface area (TPSA) is 70.2 Å². The summed E-state index contributed by atoms with van der Waals surface area (Å²) in [6, 6.07) is 13.5. The molecular weight excluding hydrogens is 358 g/mol. The van der Waals surface area contributed by atoms with Gasteiger partial charge in [0.15, 0.2) is 0 Å². The standard InChI is InChI=1S/C21H21N3O4/c1-22-9-11-23(12-10-22)14-15-5-4-6-16(13-15)21(27)28-24-19(25)17-7-2-3-8-18(17)20(24)26/h2-8,13H,9-12,14H2,1H3. The number of hydroxylamine groups is 2. The van der Waals surface area contributed by atoms with Crippen LogP contribution < -0.4 is 0 Å². The van der Waals surface area contributed by atoms with Crippen molar-refractivity contribution in [3.05, 3.63) is 70.8 Å². The van der Waals surface area contributed by atoms with E-state index < -0.39 is 17.8 Å². The summed E-state index contributed by atoms with van der Waals surface area (Å²) >= 11 is 0. The number of carbonyl (C=O) groups excluding carboxylic acids is 3. The molecule has 1 fully saturated rings. The minimum Gasteiger partial charge on any atom is -0.324 e. The van der Waals surface area contributed by atoms with E-state index in [-0.39, 0.29) is 11.1 Å². The number of hydrogen-bond acceptors (Lipinski definition) is 6. The summed E-state index contributed by atoms with van der Waals surface area (Å²) in [5.41, 5.74) is 1.78. The monoisotopic (exact) mass is 379 g/mol. The molecule has 0 saturated carbocycles.